The van der Waals surface area contributed by atoms with Crippen LogP contribution in [0.4, 0.5) is 0 Å². The van der Waals surface area contributed by atoms with E-state index in [-0.39, 0.29) is 18.5 Å². The van der Waals surface area contributed by atoms with Crippen LogP contribution in [-0.2, 0) is 14.3 Å². The molecule has 0 fully saturated rings. The number of rotatable bonds is 54. The summed E-state index contributed by atoms with van der Waals surface area (Å²) in [5, 5.41) is 23.3. The molecule has 0 aliphatic rings. The number of allylic oxidation sites excluding steroid dienone is 4. The molecule has 0 saturated carbocycles. The van der Waals surface area contributed by atoms with Crippen LogP contribution in [0.5, 0.6) is 0 Å². The third-order valence-corrected chi connectivity index (χ3v) is 13.5. The van der Waals surface area contributed by atoms with Crippen molar-refractivity contribution in [2.45, 2.75) is 328 Å². The number of aliphatic hydroxyl groups excluding tert-OH is 2. The number of hydrogen-bond donors (Lipinski definition) is 3. The highest BCUT2D eigenvalue weighted by molar-refractivity contribution is 5.76. The molecule has 6 nitrogen and oxygen atoms in total. The molecular weight excluding hydrogens is 803 g/mol. The zero-order valence-electron chi connectivity index (χ0n) is 43.7. The Bertz CT molecular complexity index is 1010. The van der Waals surface area contributed by atoms with Crippen LogP contribution in [0.3, 0.4) is 0 Å². The molecule has 0 saturated heterocycles. The van der Waals surface area contributed by atoms with Crippen molar-refractivity contribution in [1.29, 1.82) is 0 Å². The molecule has 6 heteroatoms. The van der Waals surface area contributed by atoms with E-state index in [0.29, 0.717) is 25.9 Å². The lowest BCUT2D eigenvalue weighted by molar-refractivity contribution is -0.143. The van der Waals surface area contributed by atoms with Gasteiger partial charge in [0.05, 0.1) is 25.4 Å². The molecule has 2 unspecified atom stereocenters. The zero-order valence-corrected chi connectivity index (χ0v) is 43.7. The molecule has 0 aliphatic heterocycles. The summed E-state index contributed by atoms with van der Waals surface area (Å²) < 4.78 is 5.45. The minimum absolute atomic E-state index is 0.0128. The average molecular weight is 917 g/mol. The van der Waals surface area contributed by atoms with Gasteiger partial charge in [-0.05, 0) is 64.2 Å². The topological polar surface area (TPSA) is 95.9 Å². The summed E-state index contributed by atoms with van der Waals surface area (Å²) in [7, 11) is 0. The molecule has 0 aliphatic carbocycles. The number of nitrogens with one attached hydrogen (secondary N) is 1. The van der Waals surface area contributed by atoms with Gasteiger partial charge in [0.1, 0.15) is 0 Å². The number of amides is 1. The molecule has 1 amide bonds. The molecule has 65 heavy (non-hydrogen) atoms. The lowest BCUT2D eigenvalue weighted by atomic mass is 10.0. The summed E-state index contributed by atoms with van der Waals surface area (Å²) in [4.78, 5) is 24.5. The summed E-state index contributed by atoms with van der Waals surface area (Å²) in [6.07, 6.45) is 65.9. The number of ether oxygens (including phenoxy) is 1. The third-order valence-electron chi connectivity index (χ3n) is 13.5. The van der Waals surface area contributed by atoms with Gasteiger partial charge in [0, 0.05) is 12.8 Å². The van der Waals surface area contributed by atoms with Crippen LogP contribution in [0.15, 0.2) is 24.3 Å². The van der Waals surface area contributed by atoms with Crippen LogP contribution in [0.25, 0.3) is 0 Å². The molecular formula is C59H113NO5. The van der Waals surface area contributed by atoms with Crippen LogP contribution >= 0.6 is 0 Å². The van der Waals surface area contributed by atoms with Crippen molar-refractivity contribution in [3.63, 3.8) is 0 Å². The highest BCUT2D eigenvalue weighted by atomic mass is 16.5. The van der Waals surface area contributed by atoms with Crippen molar-refractivity contribution in [3.05, 3.63) is 24.3 Å². The van der Waals surface area contributed by atoms with Gasteiger partial charge < -0.3 is 20.3 Å². The molecule has 0 radical (unpaired) electrons. The first-order valence-corrected chi connectivity index (χ1v) is 29.1. The number of aliphatic hydroxyl groups is 2. The van der Waals surface area contributed by atoms with E-state index in [1.807, 2.05) is 0 Å². The fourth-order valence-electron chi connectivity index (χ4n) is 9.02. The molecule has 0 spiro atoms. The lowest BCUT2D eigenvalue weighted by Gasteiger charge is -2.22. The Morgan fingerprint density at radius 3 is 1.17 bits per heavy atom. The Morgan fingerprint density at radius 2 is 0.769 bits per heavy atom. The van der Waals surface area contributed by atoms with E-state index in [2.05, 4.69) is 43.5 Å². The predicted octanol–water partition coefficient (Wildman–Crippen LogP) is 17.9. The maximum Gasteiger partial charge on any atom is 0.305 e. The van der Waals surface area contributed by atoms with E-state index in [1.165, 1.54) is 199 Å². The van der Waals surface area contributed by atoms with Gasteiger partial charge in [-0.2, -0.15) is 0 Å². The summed E-state index contributed by atoms with van der Waals surface area (Å²) in [5.41, 5.74) is 0. The molecule has 384 valence electrons. The van der Waals surface area contributed by atoms with E-state index in [9.17, 15) is 19.8 Å². The summed E-state index contributed by atoms with van der Waals surface area (Å²) in [6.45, 7) is 4.93. The van der Waals surface area contributed by atoms with E-state index >= 15 is 0 Å². The molecule has 0 aromatic rings. The Labute approximate surface area is 405 Å². The van der Waals surface area contributed by atoms with Crippen LogP contribution in [-0.4, -0.2) is 47.4 Å². The van der Waals surface area contributed by atoms with E-state index in [0.717, 1.165) is 83.5 Å². The van der Waals surface area contributed by atoms with Crippen LogP contribution in [0.2, 0.25) is 0 Å². The molecule has 0 heterocycles. The average Bonchev–Trinajstić information content (AvgIpc) is 3.31. The van der Waals surface area contributed by atoms with Crippen molar-refractivity contribution >= 4 is 11.9 Å². The van der Waals surface area contributed by atoms with Gasteiger partial charge in [-0.25, -0.2) is 0 Å². The van der Waals surface area contributed by atoms with Gasteiger partial charge in [0.25, 0.3) is 0 Å². The van der Waals surface area contributed by atoms with E-state index in [4.69, 9.17) is 4.74 Å². The van der Waals surface area contributed by atoms with Gasteiger partial charge >= 0.3 is 5.97 Å². The minimum atomic E-state index is -0.675. The SMILES string of the molecule is CCCCCCCCCCCCCCCCCCCC(O)C(CO)NC(=O)CCCCCCCCC/C=C\C/C=C\CCCCCOC(=O)CCCCCCCCCCCCCCCC. The summed E-state index contributed by atoms with van der Waals surface area (Å²) >= 11 is 0. The monoisotopic (exact) mass is 916 g/mol. The summed E-state index contributed by atoms with van der Waals surface area (Å²) in [5.74, 6) is -0.0619. The maximum atomic E-state index is 12.5. The smallest absolute Gasteiger partial charge is 0.305 e. The first kappa shape index (κ1) is 63.3. The Morgan fingerprint density at radius 1 is 0.431 bits per heavy atom. The van der Waals surface area contributed by atoms with Crippen LogP contribution in [0, 0.1) is 0 Å². The molecule has 3 N–H and O–H groups in total. The number of unbranched alkanes of at least 4 members (excludes halogenated alkanes) is 39. The number of carbonyl (C=O) groups excluding carboxylic acids is 2. The van der Waals surface area contributed by atoms with Gasteiger partial charge in [0.15, 0.2) is 0 Å². The summed E-state index contributed by atoms with van der Waals surface area (Å²) in [6, 6.07) is -0.553. The Balaban J connectivity index is 3.49. The van der Waals surface area contributed by atoms with Crippen molar-refractivity contribution in [3.8, 4) is 0 Å². The Hall–Kier alpha value is -1.66. The first-order valence-electron chi connectivity index (χ1n) is 29.1. The van der Waals surface area contributed by atoms with E-state index < -0.39 is 12.1 Å². The van der Waals surface area contributed by atoms with Crippen molar-refractivity contribution in [2.75, 3.05) is 13.2 Å². The van der Waals surface area contributed by atoms with Crippen molar-refractivity contribution in [2.24, 2.45) is 0 Å². The number of hydrogen-bond acceptors (Lipinski definition) is 5. The van der Waals surface area contributed by atoms with Gasteiger partial charge in [0.2, 0.25) is 5.91 Å². The lowest BCUT2D eigenvalue weighted by Crippen LogP contribution is -2.45. The van der Waals surface area contributed by atoms with E-state index in [1.54, 1.807) is 0 Å². The maximum absolute atomic E-state index is 12.5. The second kappa shape index (κ2) is 54.9. The molecule has 0 aromatic heterocycles. The fraction of sp³-hybridized carbons (Fsp3) is 0.898. The minimum Gasteiger partial charge on any atom is -0.466 e. The quantitative estimate of drug-likeness (QED) is 0.0321. The molecule has 0 rings (SSSR count). The molecule has 0 aromatic carbocycles. The van der Waals surface area contributed by atoms with Crippen molar-refractivity contribution in [1.82, 2.24) is 5.32 Å². The van der Waals surface area contributed by atoms with Crippen LogP contribution in [0.1, 0.15) is 316 Å². The molecule has 0 bridgehead atoms. The second-order valence-electron chi connectivity index (χ2n) is 20.0. The standard InChI is InChI=1S/C59H113NO5/c1-3-5-7-9-11-13-15-17-19-21-24-27-31-35-39-43-47-51-57(62)56(55-61)60-58(63)52-48-44-40-36-32-28-25-22-20-23-26-30-34-38-42-46-50-54-65-59(64)53-49-45-41-37-33-29-18-16-14-12-10-8-6-4-2/h20,23,30,34,56-57,61-62H,3-19,21-22,24-29,31-33,35-55H2,1-2H3,(H,60,63)/b23-20-,34-30-. The normalized spacial score (nSPS) is 12.7. The zero-order chi connectivity index (χ0) is 47.2. The predicted molar refractivity (Wildman–Crippen MR) is 283 cm³/mol. The molecule has 2 atom stereocenters. The van der Waals surface area contributed by atoms with Crippen LogP contribution < -0.4 is 5.32 Å². The first-order chi connectivity index (χ1) is 32.0. The fourth-order valence-corrected chi connectivity index (χ4v) is 9.02. The Kier molecular flexibility index (Phi) is 53.5. The highest BCUT2D eigenvalue weighted by Gasteiger charge is 2.20. The largest absolute Gasteiger partial charge is 0.466 e. The second-order valence-corrected chi connectivity index (χ2v) is 20.0. The van der Waals surface area contributed by atoms with Gasteiger partial charge in [-0.1, -0.05) is 263 Å². The number of esters is 1. The number of carbonyl (C=O) groups is 2. The third kappa shape index (κ3) is 51.6. The van der Waals surface area contributed by atoms with Gasteiger partial charge in [-0.3, -0.25) is 9.59 Å². The van der Waals surface area contributed by atoms with Crippen molar-refractivity contribution < 1.29 is 24.5 Å². The van der Waals surface area contributed by atoms with Gasteiger partial charge in [-0.15, -0.1) is 0 Å². The highest BCUT2D eigenvalue weighted by Crippen LogP contribution is 2.17.